The molecule has 0 radical (unpaired) electrons. The smallest absolute Gasteiger partial charge is 0.315 e. The van der Waals surface area contributed by atoms with Gasteiger partial charge in [-0.2, -0.15) is 0 Å². The maximum absolute atomic E-state index is 11.5. The first kappa shape index (κ1) is 13.9. The average molecular weight is 303 g/mol. The van der Waals surface area contributed by atoms with E-state index in [-0.39, 0.29) is 10.6 Å². The van der Waals surface area contributed by atoms with Gasteiger partial charge in [-0.05, 0) is 36.4 Å². The van der Waals surface area contributed by atoms with Gasteiger partial charge in [0.1, 0.15) is 11.4 Å². The molecule has 0 amide bonds. The summed E-state index contributed by atoms with van der Waals surface area (Å²) in [5, 5.41) is 16.5. The normalized spacial score (nSPS) is 14.0. The third kappa shape index (κ3) is 2.85. The summed E-state index contributed by atoms with van der Waals surface area (Å²) in [6.07, 6.45) is 2.21. The van der Waals surface area contributed by atoms with Crippen molar-refractivity contribution in [3.05, 3.63) is 50.7 Å². The Hall–Kier alpha value is -2.08. The van der Waals surface area contributed by atoms with Crippen LogP contribution in [-0.2, 0) is 6.54 Å². The molecule has 0 saturated heterocycles. The zero-order chi connectivity index (χ0) is 14.8. The molecule has 0 spiro atoms. The highest BCUT2D eigenvalue weighted by atomic mass is 32.1. The Morgan fingerprint density at radius 3 is 2.76 bits per heavy atom. The topological polar surface area (TPSA) is 58.4 Å². The number of hydrogen-bond acceptors (Lipinski definition) is 5. The van der Waals surface area contributed by atoms with Gasteiger partial charge in [0.25, 0.3) is 0 Å². The van der Waals surface area contributed by atoms with E-state index in [1.807, 2.05) is 23.6 Å². The average Bonchev–Trinajstić information content (AvgIpc) is 3.20. The van der Waals surface area contributed by atoms with Gasteiger partial charge >= 0.3 is 5.69 Å². The lowest BCUT2D eigenvalue weighted by Gasteiger charge is -2.24. The van der Waals surface area contributed by atoms with Crippen molar-refractivity contribution in [3.8, 4) is 0 Å². The van der Waals surface area contributed by atoms with Gasteiger partial charge < -0.3 is 10.2 Å². The number of benzene rings is 1. The molecule has 0 aliphatic heterocycles. The highest BCUT2D eigenvalue weighted by Gasteiger charge is 2.34. The fraction of sp³-hybridized carbons (Fsp3) is 0.333. The molecule has 5 nitrogen and oxygen atoms in total. The van der Waals surface area contributed by atoms with E-state index in [2.05, 4.69) is 16.3 Å². The lowest BCUT2D eigenvalue weighted by atomic mass is 10.2. The highest BCUT2D eigenvalue weighted by Crippen LogP contribution is 2.41. The largest absolute Gasteiger partial charge is 0.382 e. The van der Waals surface area contributed by atoms with Crippen LogP contribution in [0.25, 0.3) is 0 Å². The number of rotatable bonds is 6. The second-order valence-corrected chi connectivity index (χ2v) is 6.15. The van der Waals surface area contributed by atoms with Gasteiger partial charge in [0.15, 0.2) is 0 Å². The van der Waals surface area contributed by atoms with Crippen LogP contribution in [0.3, 0.4) is 0 Å². The van der Waals surface area contributed by atoms with E-state index in [0.717, 1.165) is 19.4 Å². The maximum atomic E-state index is 11.5. The van der Waals surface area contributed by atoms with Crippen molar-refractivity contribution in [3.63, 3.8) is 0 Å². The van der Waals surface area contributed by atoms with E-state index in [4.69, 9.17) is 0 Å². The lowest BCUT2D eigenvalue weighted by Crippen LogP contribution is -2.25. The second kappa shape index (κ2) is 5.73. The SMILES string of the molecule is CNc1cccc(N(Cc2cccs2)C2CC2)c1[N+](=O)[O-]. The molecule has 1 N–H and O–H groups in total. The highest BCUT2D eigenvalue weighted by molar-refractivity contribution is 7.09. The molecule has 1 aromatic carbocycles. The Balaban J connectivity index is 2.01. The van der Waals surface area contributed by atoms with Crippen LogP contribution in [0.5, 0.6) is 0 Å². The fourth-order valence-electron chi connectivity index (χ4n) is 2.52. The standard InChI is InChI=1S/C15H17N3O2S/c1-16-13-5-2-6-14(15(13)18(19)20)17(11-7-8-11)10-12-4-3-9-21-12/h2-6,9,11,16H,7-8,10H2,1H3. The van der Waals surface area contributed by atoms with Gasteiger partial charge in [0, 0.05) is 18.0 Å². The molecule has 0 atom stereocenters. The maximum Gasteiger partial charge on any atom is 0.315 e. The quantitative estimate of drug-likeness (QED) is 0.650. The summed E-state index contributed by atoms with van der Waals surface area (Å²) in [7, 11) is 1.72. The molecular weight excluding hydrogens is 286 g/mol. The fourth-order valence-corrected chi connectivity index (χ4v) is 3.23. The van der Waals surface area contributed by atoms with Crippen LogP contribution in [0, 0.1) is 10.1 Å². The number of nitrogens with zero attached hydrogens (tertiary/aromatic N) is 2. The lowest BCUT2D eigenvalue weighted by molar-refractivity contribution is -0.383. The molecule has 2 aromatic rings. The first-order chi connectivity index (χ1) is 10.2. The summed E-state index contributed by atoms with van der Waals surface area (Å²) in [5.74, 6) is 0. The minimum absolute atomic E-state index is 0.170. The van der Waals surface area contributed by atoms with E-state index in [0.29, 0.717) is 17.4 Å². The van der Waals surface area contributed by atoms with Crippen LogP contribution in [-0.4, -0.2) is 18.0 Å². The molecule has 1 aromatic heterocycles. The van der Waals surface area contributed by atoms with Gasteiger partial charge in [-0.1, -0.05) is 12.1 Å². The molecular formula is C15H17N3O2S. The summed E-state index contributed by atoms with van der Waals surface area (Å²) in [6, 6.07) is 9.98. The van der Waals surface area contributed by atoms with E-state index >= 15 is 0 Å². The number of para-hydroxylation sites is 1. The summed E-state index contributed by atoms with van der Waals surface area (Å²) in [6.45, 7) is 0.732. The Morgan fingerprint density at radius 2 is 2.19 bits per heavy atom. The number of hydrogen-bond donors (Lipinski definition) is 1. The van der Waals surface area contributed by atoms with Crippen molar-refractivity contribution in [2.45, 2.75) is 25.4 Å². The molecule has 1 heterocycles. The summed E-state index contributed by atoms with van der Waals surface area (Å²) in [4.78, 5) is 14.6. The second-order valence-electron chi connectivity index (χ2n) is 5.12. The number of nitro groups is 1. The Kier molecular flexibility index (Phi) is 3.79. The molecule has 0 unspecified atom stereocenters. The van der Waals surface area contributed by atoms with E-state index < -0.39 is 0 Å². The first-order valence-corrected chi connectivity index (χ1v) is 7.83. The van der Waals surface area contributed by atoms with Gasteiger partial charge in [0.05, 0.1) is 11.5 Å². The molecule has 1 aliphatic rings. The van der Waals surface area contributed by atoms with Gasteiger partial charge in [-0.25, -0.2) is 0 Å². The summed E-state index contributed by atoms with van der Waals surface area (Å²) < 4.78 is 0. The molecule has 110 valence electrons. The van der Waals surface area contributed by atoms with Crippen LogP contribution >= 0.6 is 11.3 Å². The van der Waals surface area contributed by atoms with E-state index in [1.165, 1.54) is 4.88 Å². The molecule has 3 rings (SSSR count). The van der Waals surface area contributed by atoms with Crippen LogP contribution in [0.2, 0.25) is 0 Å². The predicted octanol–water partition coefficient (Wildman–Crippen LogP) is 3.87. The Labute approximate surface area is 127 Å². The number of thiophene rings is 1. The minimum Gasteiger partial charge on any atom is -0.382 e. The van der Waals surface area contributed by atoms with Crippen LogP contribution < -0.4 is 10.2 Å². The molecule has 0 bridgehead atoms. The minimum atomic E-state index is -0.287. The van der Waals surface area contributed by atoms with Crippen molar-refractivity contribution in [2.24, 2.45) is 0 Å². The van der Waals surface area contributed by atoms with Crippen LogP contribution in [0.15, 0.2) is 35.7 Å². The molecule has 1 saturated carbocycles. The third-order valence-electron chi connectivity index (χ3n) is 3.67. The van der Waals surface area contributed by atoms with Gasteiger partial charge in [0.2, 0.25) is 0 Å². The number of nitrogens with one attached hydrogen (secondary N) is 1. The van der Waals surface area contributed by atoms with Crippen molar-refractivity contribution >= 4 is 28.4 Å². The van der Waals surface area contributed by atoms with Crippen molar-refractivity contribution in [1.82, 2.24) is 0 Å². The molecule has 1 aliphatic carbocycles. The number of anilines is 2. The van der Waals surface area contributed by atoms with Crippen LogP contribution in [0.1, 0.15) is 17.7 Å². The summed E-state index contributed by atoms with van der Waals surface area (Å²) in [5.41, 5.74) is 1.44. The first-order valence-electron chi connectivity index (χ1n) is 6.95. The molecule has 21 heavy (non-hydrogen) atoms. The van der Waals surface area contributed by atoms with Crippen molar-refractivity contribution in [2.75, 3.05) is 17.3 Å². The third-order valence-corrected chi connectivity index (χ3v) is 4.53. The van der Waals surface area contributed by atoms with Gasteiger partial charge in [-0.3, -0.25) is 10.1 Å². The zero-order valence-corrected chi connectivity index (χ0v) is 12.6. The van der Waals surface area contributed by atoms with Crippen LogP contribution in [0.4, 0.5) is 17.1 Å². The van der Waals surface area contributed by atoms with E-state index in [1.54, 1.807) is 24.5 Å². The van der Waals surface area contributed by atoms with Crippen molar-refractivity contribution in [1.29, 1.82) is 0 Å². The Morgan fingerprint density at radius 1 is 1.38 bits per heavy atom. The monoisotopic (exact) mass is 303 g/mol. The molecule has 6 heteroatoms. The predicted molar refractivity (Wildman–Crippen MR) is 86.2 cm³/mol. The Bertz CT molecular complexity index is 638. The van der Waals surface area contributed by atoms with Gasteiger partial charge in [-0.15, -0.1) is 11.3 Å². The number of nitro benzene ring substituents is 1. The van der Waals surface area contributed by atoms with Crippen molar-refractivity contribution < 1.29 is 4.92 Å². The summed E-state index contributed by atoms with van der Waals surface area (Å²) >= 11 is 1.69. The van der Waals surface area contributed by atoms with E-state index in [9.17, 15) is 10.1 Å². The molecule has 1 fully saturated rings. The zero-order valence-electron chi connectivity index (χ0n) is 11.8.